The Morgan fingerprint density at radius 1 is 1.11 bits per heavy atom. The van der Waals surface area contributed by atoms with Crippen LogP contribution in [0.25, 0.3) is 0 Å². The monoisotopic (exact) mass is 272 g/mol. The lowest BCUT2D eigenvalue weighted by molar-refractivity contribution is -0.152. The number of ether oxygens (including phenoxy) is 2. The van der Waals surface area contributed by atoms with E-state index in [0.29, 0.717) is 12.8 Å². The second-order valence-corrected chi connectivity index (χ2v) is 3.98. The van der Waals surface area contributed by atoms with E-state index < -0.39 is 30.2 Å². The highest BCUT2D eigenvalue weighted by Gasteiger charge is 2.29. The van der Waals surface area contributed by atoms with Gasteiger partial charge in [0.1, 0.15) is 0 Å². The van der Waals surface area contributed by atoms with Gasteiger partial charge in [-0.05, 0) is 12.8 Å². The maximum absolute atomic E-state index is 11.5. The molecule has 0 amide bonds. The van der Waals surface area contributed by atoms with Crippen LogP contribution in [-0.2, 0) is 23.9 Å². The van der Waals surface area contributed by atoms with Gasteiger partial charge in [-0.25, -0.2) is 4.79 Å². The highest BCUT2D eigenvalue weighted by Crippen LogP contribution is 2.17. The number of rotatable bonds is 9. The highest BCUT2D eigenvalue weighted by molar-refractivity contribution is 5.96. The lowest BCUT2D eigenvalue weighted by Crippen LogP contribution is -2.26. The van der Waals surface area contributed by atoms with E-state index >= 15 is 0 Å². The van der Waals surface area contributed by atoms with Crippen LogP contribution >= 0.6 is 0 Å². The second kappa shape index (κ2) is 9.13. The Kier molecular flexibility index (Phi) is 8.24. The second-order valence-electron chi connectivity index (χ2n) is 3.98. The molecule has 6 nitrogen and oxygen atoms in total. The van der Waals surface area contributed by atoms with Crippen molar-refractivity contribution in [3.8, 4) is 0 Å². The van der Waals surface area contributed by atoms with E-state index in [1.165, 1.54) is 0 Å². The third kappa shape index (κ3) is 6.59. The lowest BCUT2D eigenvalue weighted by Gasteiger charge is -2.13. The largest absolute Gasteiger partial charge is 0.481 e. The molecule has 19 heavy (non-hydrogen) atoms. The summed E-state index contributed by atoms with van der Waals surface area (Å²) >= 11 is 0. The minimum absolute atomic E-state index is 0.185. The van der Waals surface area contributed by atoms with E-state index in [4.69, 9.17) is 14.6 Å². The highest BCUT2D eigenvalue weighted by atomic mass is 16.5. The number of hydrogen-bond acceptors (Lipinski definition) is 5. The molecule has 108 valence electrons. The lowest BCUT2D eigenvalue weighted by atomic mass is 9.97. The standard InChI is InChI=1S/C13H20O6/c1-4-6-18-11(14)8-10(12(15)16)9(3)13(17)19-7-5-2/h10H,3-8H2,1-2H3,(H,15,16). The van der Waals surface area contributed by atoms with Crippen molar-refractivity contribution in [2.45, 2.75) is 33.1 Å². The molecule has 1 N–H and O–H groups in total. The number of carboxylic acids is 1. The van der Waals surface area contributed by atoms with Gasteiger partial charge in [-0.2, -0.15) is 0 Å². The van der Waals surface area contributed by atoms with Crippen LogP contribution in [0.15, 0.2) is 12.2 Å². The molecular formula is C13H20O6. The molecule has 0 saturated carbocycles. The predicted octanol–water partition coefficient (Wildman–Crippen LogP) is 1.54. The smallest absolute Gasteiger partial charge is 0.334 e. The SMILES string of the molecule is C=C(C(=O)OCCC)C(CC(=O)OCCC)C(=O)O. The molecule has 0 aliphatic carbocycles. The minimum atomic E-state index is -1.31. The number of aliphatic carboxylic acids is 1. The number of carbonyl (C=O) groups excluding carboxylic acids is 2. The molecule has 0 radical (unpaired) electrons. The Hall–Kier alpha value is -1.85. The summed E-state index contributed by atoms with van der Waals surface area (Å²) in [5.74, 6) is -4.07. The molecule has 0 aromatic rings. The van der Waals surface area contributed by atoms with E-state index in [1.807, 2.05) is 13.8 Å². The molecule has 0 aliphatic heterocycles. The Morgan fingerprint density at radius 2 is 1.63 bits per heavy atom. The topological polar surface area (TPSA) is 89.9 Å². The number of carboxylic acid groups (broad SMARTS) is 1. The molecular weight excluding hydrogens is 252 g/mol. The fourth-order valence-electron chi connectivity index (χ4n) is 1.23. The van der Waals surface area contributed by atoms with Gasteiger partial charge in [-0.15, -0.1) is 0 Å². The molecule has 0 fully saturated rings. The van der Waals surface area contributed by atoms with Gasteiger partial charge in [-0.3, -0.25) is 9.59 Å². The van der Waals surface area contributed by atoms with Crippen molar-refractivity contribution in [2.24, 2.45) is 5.92 Å². The molecule has 0 aromatic heterocycles. The van der Waals surface area contributed by atoms with Gasteiger partial charge in [0, 0.05) is 5.57 Å². The summed E-state index contributed by atoms with van der Waals surface area (Å²) in [5.41, 5.74) is -0.241. The number of hydrogen-bond donors (Lipinski definition) is 1. The van der Waals surface area contributed by atoms with Gasteiger partial charge in [0.25, 0.3) is 0 Å². The third-order valence-electron chi connectivity index (χ3n) is 2.26. The van der Waals surface area contributed by atoms with E-state index in [9.17, 15) is 14.4 Å². The number of carbonyl (C=O) groups is 3. The van der Waals surface area contributed by atoms with Crippen LogP contribution < -0.4 is 0 Å². The van der Waals surface area contributed by atoms with Crippen molar-refractivity contribution in [2.75, 3.05) is 13.2 Å². The summed E-state index contributed by atoms with van der Waals surface area (Å²) in [4.78, 5) is 33.9. The molecule has 1 unspecified atom stereocenters. The van der Waals surface area contributed by atoms with Gasteiger partial charge < -0.3 is 14.6 Å². The Bertz CT molecular complexity index is 347. The van der Waals surface area contributed by atoms with Gasteiger partial charge >= 0.3 is 17.9 Å². The van der Waals surface area contributed by atoms with Crippen LogP contribution in [-0.4, -0.2) is 36.2 Å². The van der Waals surface area contributed by atoms with Crippen LogP contribution in [0.2, 0.25) is 0 Å². The van der Waals surface area contributed by atoms with Crippen LogP contribution in [0, 0.1) is 5.92 Å². The van der Waals surface area contributed by atoms with Gasteiger partial charge in [0.2, 0.25) is 0 Å². The van der Waals surface area contributed by atoms with Crippen LogP contribution in [0.1, 0.15) is 33.1 Å². The van der Waals surface area contributed by atoms with Crippen LogP contribution in [0.4, 0.5) is 0 Å². The summed E-state index contributed by atoms with van der Waals surface area (Å²) in [6, 6.07) is 0. The summed E-state index contributed by atoms with van der Waals surface area (Å²) < 4.78 is 9.58. The van der Waals surface area contributed by atoms with Crippen molar-refractivity contribution in [3.63, 3.8) is 0 Å². The predicted molar refractivity (Wildman–Crippen MR) is 67.4 cm³/mol. The molecule has 0 bridgehead atoms. The van der Waals surface area contributed by atoms with E-state index in [1.54, 1.807) is 0 Å². The molecule has 1 atom stereocenters. The first-order chi connectivity index (χ1) is 8.93. The third-order valence-corrected chi connectivity index (χ3v) is 2.26. The van der Waals surface area contributed by atoms with E-state index in [-0.39, 0.29) is 18.8 Å². The fraction of sp³-hybridized carbons (Fsp3) is 0.615. The van der Waals surface area contributed by atoms with E-state index in [0.717, 1.165) is 0 Å². The zero-order chi connectivity index (χ0) is 14.8. The Morgan fingerprint density at radius 3 is 2.11 bits per heavy atom. The molecule has 0 aromatic carbocycles. The summed E-state index contributed by atoms with van der Waals surface area (Å²) in [6.45, 7) is 7.44. The zero-order valence-corrected chi connectivity index (χ0v) is 11.3. The average molecular weight is 272 g/mol. The molecule has 0 saturated heterocycles. The summed E-state index contributed by atoms with van der Waals surface area (Å²) in [6.07, 6.45) is 0.841. The van der Waals surface area contributed by atoms with E-state index in [2.05, 4.69) is 6.58 Å². The van der Waals surface area contributed by atoms with Crippen LogP contribution in [0.3, 0.4) is 0 Å². The molecule has 0 aliphatic rings. The van der Waals surface area contributed by atoms with Gasteiger partial charge in [0.15, 0.2) is 0 Å². The van der Waals surface area contributed by atoms with Crippen LogP contribution in [0.5, 0.6) is 0 Å². The van der Waals surface area contributed by atoms with Crippen molar-refractivity contribution in [1.82, 2.24) is 0 Å². The molecule has 0 rings (SSSR count). The number of esters is 2. The molecule has 0 heterocycles. The van der Waals surface area contributed by atoms with Crippen molar-refractivity contribution < 1.29 is 29.0 Å². The van der Waals surface area contributed by atoms with Gasteiger partial charge in [-0.1, -0.05) is 20.4 Å². The Balaban J connectivity index is 4.55. The average Bonchev–Trinajstić information content (AvgIpc) is 2.38. The minimum Gasteiger partial charge on any atom is -0.481 e. The quantitative estimate of drug-likeness (QED) is 0.506. The van der Waals surface area contributed by atoms with Gasteiger partial charge in [0.05, 0.1) is 25.6 Å². The van der Waals surface area contributed by atoms with Crippen molar-refractivity contribution in [3.05, 3.63) is 12.2 Å². The summed E-state index contributed by atoms with van der Waals surface area (Å²) in [7, 11) is 0. The zero-order valence-electron chi connectivity index (χ0n) is 11.3. The van der Waals surface area contributed by atoms with Crippen molar-refractivity contribution >= 4 is 17.9 Å². The first-order valence-electron chi connectivity index (χ1n) is 6.18. The fourth-order valence-corrected chi connectivity index (χ4v) is 1.23. The first-order valence-corrected chi connectivity index (χ1v) is 6.18. The van der Waals surface area contributed by atoms with Crippen molar-refractivity contribution in [1.29, 1.82) is 0 Å². The molecule has 6 heteroatoms. The first kappa shape index (κ1) is 17.2. The Labute approximate surface area is 112 Å². The summed E-state index contributed by atoms with van der Waals surface area (Å²) in [5, 5.41) is 9.02. The molecule has 0 spiro atoms. The maximum Gasteiger partial charge on any atom is 0.334 e. The normalized spacial score (nSPS) is 11.5. The maximum atomic E-state index is 11.5.